The summed E-state index contributed by atoms with van der Waals surface area (Å²) in [7, 11) is -3.23. The maximum absolute atomic E-state index is 11.5. The molecule has 3 nitrogen and oxygen atoms in total. The zero-order chi connectivity index (χ0) is 11.8. The van der Waals surface area contributed by atoms with Crippen LogP contribution < -0.4 is 5.32 Å². The summed E-state index contributed by atoms with van der Waals surface area (Å²) in [5.74, 6) is 0. The van der Waals surface area contributed by atoms with E-state index in [1.54, 1.807) is 12.1 Å². The number of fused-ring (bicyclic) bond motifs is 1. The summed E-state index contributed by atoms with van der Waals surface area (Å²) >= 11 is 6.00. The van der Waals surface area contributed by atoms with Gasteiger partial charge < -0.3 is 5.32 Å². The SMILES string of the molecule is CS(=O)(=O)c1cc2c(cc1Cl)CCNCC2.Cl. The van der Waals surface area contributed by atoms with Crippen molar-refractivity contribution in [1.29, 1.82) is 0 Å². The molecule has 1 N–H and O–H groups in total. The van der Waals surface area contributed by atoms with Gasteiger partial charge in [0, 0.05) is 6.26 Å². The van der Waals surface area contributed by atoms with Crippen LogP contribution in [0.25, 0.3) is 0 Å². The number of halogens is 2. The highest BCUT2D eigenvalue weighted by Crippen LogP contribution is 2.27. The topological polar surface area (TPSA) is 46.2 Å². The molecule has 6 heteroatoms. The van der Waals surface area contributed by atoms with E-state index in [1.165, 1.54) is 6.26 Å². The van der Waals surface area contributed by atoms with Crippen LogP contribution in [0.15, 0.2) is 17.0 Å². The van der Waals surface area contributed by atoms with E-state index in [0.29, 0.717) is 5.02 Å². The predicted molar refractivity (Wildman–Crippen MR) is 72.1 cm³/mol. The van der Waals surface area contributed by atoms with Crippen molar-refractivity contribution in [2.24, 2.45) is 0 Å². The normalized spacial score (nSPS) is 15.6. The molecule has 1 aromatic carbocycles. The van der Waals surface area contributed by atoms with Crippen molar-refractivity contribution in [2.75, 3.05) is 19.3 Å². The van der Waals surface area contributed by atoms with Crippen molar-refractivity contribution < 1.29 is 8.42 Å². The standard InChI is InChI=1S/C11H14ClNO2S.ClH/c1-16(14,15)11-7-9-3-5-13-4-2-8(9)6-10(11)12;/h6-7,13H,2-5H2,1H3;1H. The van der Waals surface area contributed by atoms with E-state index in [-0.39, 0.29) is 17.3 Å². The number of rotatable bonds is 1. The molecular formula is C11H15Cl2NO2S. The first-order chi connectivity index (χ1) is 7.48. The van der Waals surface area contributed by atoms with Gasteiger partial charge in [0.15, 0.2) is 9.84 Å². The monoisotopic (exact) mass is 295 g/mol. The summed E-state index contributed by atoms with van der Waals surface area (Å²) in [5.41, 5.74) is 2.25. The first-order valence-corrected chi connectivity index (χ1v) is 7.47. The zero-order valence-corrected chi connectivity index (χ0v) is 11.9. The Bertz CT molecular complexity index is 514. The fraction of sp³-hybridized carbons (Fsp3) is 0.455. The first kappa shape index (κ1) is 14.8. The molecule has 0 aromatic heterocycles. The van der Waals surface area contributed by atoms with Crippen LogP contribution in [-0.4, -0.2) is 27.8 Å². The molecule has 1 aliphatic rings. The van der Waals surface area contributed by atoms with Gasteiger partial charge in [-0.1, -0.05) is 11.6 Å². The molecule has 0 atom stereocenters. The van der Waals surface area contributed by atoms with Gasteiger partial charge in [-0.05, 0) is 49.2 Å². The minimum atomic E-state index is -3.23. The molecule has 0 aliphatic carbocycles. The molecule has 0 bridgehead atoms. The fourth-order valence-corrected chi connectivity index (χ4v) is 3.33. The Labute approximate surface area is 113 Å². The van der Waals surface area contributed by atoms with Crippen LogP contribution in [0.2, 0.25) is 5.02 Å². The smallest absolute Gasteiger partial charge is 0.177 e. The van der Waals surface area contributed by atoms with Crippen molar-refractivity contribution in [3.8, 4) is 0 Å². The predicted octanol–water partition coefficient (Wildman–Crippen LogP) is 1.85. The van der Waals surface area contributed by atoms with Gasteiger partial charge in [-0.15, -0.1) is 12.4 Å². The molecule has 96 valence electrons. The Morgan fingerprint density at radius 1 is 1.18 bits per heavy atom. The van der Waals surface area contributed by atoms with Crippen LogP contribution in [0.1, 0.15) is 11.1 Å². The third kappa shape index (κ3) is 3.35. The van der Waals surface area contributed by atoms with Gasteiger partial charge in [0.1, 0.15) is 0 Å². The molecule has 0 spiro atoms. The quantitative estimate of drug-likeness (QED) is 0.860. The van der Waals surface area contributed by atoms with Gasteiger partial charge in [0.25, 0.3) is 0 Å². The van der Waals surface area contributed by atoms with Crippen molar-refractivity contribution >= 4 is 33.8 Å². The average molecular weight is 296 g/mol. The lowest BCUT2D eigenvalue weighted by Gasteiger charge is -2.09. The van der Waals surface area contributed by atoms with Crippen LogP contribution in [0.3, 0.4) is 0 Å². The maximum Gasteiger partial charge on any atom is 0.177 e. The van der Waals surface area contributed by atoms with Crippen LogP contribution in [-0.2, 0) is 22.7 Å². The molecule has 0 saturated carbocycles. The molecule has 0 radical (unpaired) electrons. The highest BCUT2D eigenvalue weighted by molar-refractivity contribution is 7.90. The second-order valence-corrected chi connectivity index (χ2v) is 6.46. The average Bonchev–Trinajstić information content (AvgIpc) is 2.39. The number of benzene rings is 1. The summed E-state index contributed by atoms with van der Waals surface area (Å²) in [4.78, 5) is 0.245. The fourth-order valence-electron chi connectivity index (χ4n) is 1.96. The summed E-state index contributed by atoms with van der Waals surface area (Å²) in [6, 6.07) is 3.51. The largest absolute Gasteiger partial charge is 0.316 e. The van der Waals surface area contributed by atoms with Gasteiger partial charge in [-0.25, -0.2) is 8.42 Å². The Balaban J connectivity index is 0.00000144. The Morgan fingerprint density at radius 2 is 1.71 bits per heavy atom. The van der Waals surface area contributed by atoms with E-state index in [4.69, 9.17) is 11.6 Å². The third-order valence-corrected chi connectivity index (χ3v) is 4.36. The molecule has 0 fully saturated rings. The molecule has 0 amide bonds. The van der Waals surface area contributed by atoms with E-state index < -0.39 is 9.84 Å². The lowest BCUT2D eigenvalue weighted by atomic mass is 10.0. The van der Waals surface area contributed by atoms with Gasteiger partial charge in [0.2, 0.25) is 0 Å². The van der Waals surface area contributed by atoms with E-state index in [2.05, 4.69) is 5.32 Å². The molecule has 1 aromatic rings. The third-order valence-electron chi connectivity index (χ3n) is 2.80. The van der Waals surface area contributed by atoms with Gasteiger partial charge >= 0.3 is 0 Å². The molecule has 2 rings (SSSR count). The van der Waals surface area contributed by atoms with Crippen LogP contribution in [0.5, 0.6) is 0 Å². The molecular weight excluding hydrogens is 281 g/mol. The summed E-state index contributed by atoms with van der Waals surface area (Å²) in [5, 5.41) is 3.62. The van der Waals surface area contributed by atoms with Crippen LogP contribution in [0.4, 0.5) is 0 Å². The van der Waals surface area contributed by atoms with Gasteiger partial charge in [-0.2, -0.15) is 0 Å². The van der Waals surface area contributed by atoms with E-state index >= 15 is 0 Å². The molecule has 0 saturated heterocycles. The first-order valence-electron chi connectivity index (χ1n) is 5.20. The Hall–Kier alpha value is -0.290. The highest BCUT2D eigenvalue weighted by Gasteiger charge is 2.17. The van der Waals surface area contributed by atoms with Crippen molar-refractivity contribution in [2.45, 2.75) is 17.7 Å². The molecule has 1 aliphatic heterocycles. The van der Waals surface area contributed by atoms with Gasteiger partial charge in [0.05, 0.1) is 9.92 Å². The second kappa shape index (κ2) is 5.57. The van der Waals surface area contributed by atoms with E-state index in [1.807, 2.05) is 0 Å². The Kier molecular flexibility index (Phi) is 4.84. The highest BCUT2D eigenvalue weighted by atomic mass is 35.5. The zero-order valence-electron chi connectivity index (χ0n) is 9.49. The number of nitrogens with one attached hydrogen (secondary N) is 1. The summed E-state index contributed by atoms with van der Waals surface area (Å²) in [6.45, 7) is 1.80. The summed E-state index contributed by atoms with van der Waals surface area (Å²) < 4.78 is 23.1. The number of sulfone groups is 1. The molecule has 0 unspecified atom stereocenters. The van der Waals surface area contributed by atoms with Crippen molar-refractivity contribution in [1.82, 2.24) is 5.32 Å². The van der Waals surface area contributed by atoms with E-state index in [9.17, 15) is 8.42 Å². The lowest BCUT2D eigenvalue weighted by Crippen LogP contribution is -2.16. The van der Waals surface area contributed by atoms with Crippen molar-refractivity contribution in [3.05, 3.63) is 28.3 Å². The van der Waals surface area contributed by atoms with E-state index in [0.717, 1.165) is 37.1 Å². The molecule has 17 heavy (non-hydrogen) atoms. The maximum atomic E-state index is 11.5. The Morgan fingerprint density at radius 3 is 2.24 bits per heavy atom. The molecule has 1 heterocycles. The number of hydrogen-bond acceptors (Lipinski definition) is 3. The van der Waals surface area contributed by atoms with Crippen LogP contribution >= 0.6 is 24.0 Å². The van der Waals surface area contributed by atoms with Crippen LogP contribution in [0, 0.1) is 0 Å². The number of hydrogen-bond donors (Lipinski definition) is 1. The van der Waals surface area contributed by atoms with Gasteiger partial charge in [-0.3, -0.25) is 0 Å². The summed E-state index contributed by atoms with van der Waals surface area (Å²) in [6.07, 6.45) is 2.95. The minimum absolute atomic E-state index is 0. The minimum Gasteiger partial charge on any atom is -0.316 e. The van der Waals surface area contributed by atoms with Crippen molar-refractivity contribution in [3.63, 3.8) is 0 Å². The second-order valence-electron chi connectivity index (χ2n) is 4.07. The lowest BCUT2D eigenvalue weighted by molar-refractivity contribution is 0.601.